The average molecular weight is 358 g/mol. The minimum absolute atomic E-state index is 0.141. The van der Waals surface area contributed by atoms with Crippen LogP contribution < -0.4 is 5.73 Å². The molecule has 0 saturated carbocycles. The number of benzene rings is 1. The number of carbonyl (C=O) groups is 1. The molecule has 114 valence electrons. The predicted molar refractivity (Wildman–Crippen MR) is 80.8 cm³/mol. The van der Waals surface area contributed by atoms with Crippen LogP contribution in [0.5, 0.6) is 0 Å². The van der Waals surface area contributed by atoms with E-state index in [-0.39, 0.29) is 16.2 Å². The summed E-state index contributed by atoms with van der Waals surface area (Å²) in [5.41, 5.74) is 5.75. The van der Waals surface area contributed by atoms with Crippen molar-refractivity contribution in [3.8, 4) is 0 Å². The van der Waals surface area contributed by atoms with Gasteiger partial charge >= 0.3 is 0 Å². The predicted octanol–water partition coefficient (Wildman–Crippen LogP) is 2.58. The third kappa shape index (κ3) is 3.18. The summed E-state index contributed by atoms with van der Waals surface area (Å²) in [7, 11) is 0. The number of amidine groups is 1. The fraction of sp³-hybridized carbons (Fsp3) is 0.429. The molecule has 1 aliphatic heterocycles. The first kappa shape index (κ1) is 15.8. The minimum Gasteiger partial charge on any atom is -0.409 e. The Morgan fingerprint density at radius 3 is 2.62 bits per heavy atom. The molecule has 3 N–H and O–H groups in total. The minimum atomic E-state index is -0.398. The smallest absolute Gasteiger partial charge is 0.253 e. The summed E-state index contributed by atoms with van der Waals surface area (Å²) < 4.78 is 13.5. The van der Waals surface area contributed by atoms with Gasteiger partial charge < -0.3 is 15.8 Å². The maximum atomic E-state index is 13.2. The zero-order chi connectivity index (χ0) is 15.6. The summed E-state index contributed by atoms with van der Waals surface area (Å²) in [6.07, 6.45) is 1.24. The molecule has 1 amide bonds. The Morgan fingerprint density at radius 1 is 1.48 bits per heavy atom. The van der Waals surface area contributed by atoms with Crippen molar-refractivity contribution >= 4 is 27.7 Å². The van der Waals surface area contributed by atoms with Gasteiger partial charge in [-0.15, -0.1) is 0 Å². The molecular formula is C14H17BrFN3O2. The van der Waals surface area contributed by atoms with Gasteiger partial charge in [0.15, 0.2) is 0 Å². The van der Waals surface area contributed by atoms with Crippen molar-refractivity contribution in [1.82, 2.24) is 4.90 Å². The van der Waals surface area contributed by atoms with Gasteiger partial charge in [-0.1, -0.05) is 12.1 Å². The van der Waals surface area contributed by atoms with Crippen molar-refractivity contribution in [2.75, 3.05) is 13.1 Å². The van der Waals surface area contributed by atoms with E-state index in [9.17, 15) is 9.18 Å². The molecule has 0 aliphatic carbocycles. The maximum Gasteiger partial charge on any atom is 0.253 e. The van der Waals surface area contributed by atoms with Crippen LogP contribution in [0.1, 0.15) is 30.1 Å². The maximum absolute atomic E-state index is 13.2. The monoisotopic (exact) mass is 357 g/mol. The fourth-order valence-electron chi connectivity index (χ4n) is 2.39. The summed E-state index contributed by atoms with van der Waals surface area (Å²) in [5, 5.41) is 11.9. The fourth-order valence-corrected chi connectivity index (χ4v) is 2.77. The first-order valence-corrected chi connectivity index (χ1v) is 7.39. The molecule has 1 aromatic rings. The number of nitrogens with two attached hydrogens (primary N) is 1. The number of likely N-dealkylation sites (tertiary alicyclic amines) is 1. The zero-order valence-electron chi connectivity index (χ0n) is 11.6. The molecule has 0 aromatic heterocycles. The second-order valence-corrected chi connectivity index (χ2v) is 6.32. The third-order valence-corrected chi connectivity index (χ3v) is 4.65. The highest BCUT2D eigenvalue weighted by Gasteiger charge is 2.35. The molecule has 21 heavy (non-hydrogen) atoms. The summed E-state index contributed by atoms with van der Waals surface area (Å²) in [6.45, 7) is 2.94. The van der Waals surface area contributed by atoms with E-state index in [1.807, 2.05) is 6.92 Å². The second kappa shape index (κ2) is 6.01. The van der Waals surface area contributed by atoms with Crippen LogP contribution in [-0.4, -0.2) is 34.9 Å². The second-order valence-electron chi connectivity index (χ2n) is 5.47. The Bertz CT molecular complexity index is 584. The van der Waals surface area contributed by atoms with Gasteiger partial charge in [0.05, 0.1) is 4.47 Å². The lowest BCUT2D eigenvalue weighted by molar-refractivity contribution is 0.0666. The lowest BCUT2D eigenvalue weighted by Crippen LogP contribution is -2.47. The zero-order valence-corrected chi connectivity index (χ0v) is 13.2. The number of nitrogens with zero attached hydrogens (tertiary/aromatic N) is 2. The molecule has 0 spiro atoms. The molecule has 1 fully saturated rings. The van der Waals surface area contributed by atoms with Crippen LogP contribution in [0.3, 0.4) is 0 Å². The van der Waals surface area contributed by atoms with Crippen LogP contribution in [0.2, 0.25) is 0 Å². The van der Waals surface area contributed by atoms with E-state index in [4.69, 9.17) is 10.9 Å². The molecular weight excluding hydrogens is 341 g/mol. The van der Waals surface area contributed by atoms with E-state index in [1.165, 1.54) is 18.2 Å². The SMILES string of the molecule is CC1(/C(N)=N/O)CCN(C(=O)c2ccc(F)c(Br)c2)CC1. The molecule has 7 heteroatoms. The number of oxime groups is 1. The third-order valence-electron chi connectivity index (χ3n) is 4.05. The highest BCUT2D eigenvalue weighted by atomic mass is 79.9. The summed E-state index contributed by atoms with van der Waals surface area (Å²) in [4.78, 5) is 14.1. The highest BCUT2D eigenvalue weighted by molar-refractivity contribution is 9.10. The Morgan fingerprint density at radius 2 is 2.10 bits per heavy atom. The molecule has 0 bridgehead atoms. The van der Waals surface area contributed by atoms with Gasteiger partial charge in [0.2, 0.25) is 0 Å². The first-order chi connectivity index (χ1) is 9.87. The van der Waals surface area contributed by atoms with E-state index in [0.29, 0.717) is 31.5 Å². The van der Waals surface area contributed by atoms with Gasteiger partial charge in [0, 0.05) is 24.1 Å². The molecule has 5 nitrogen and oxygen atoms in total. The Balaban J connectivity index is 2.08. The molecule has 1 heterocycles. The van der Waals surface area contributed by atoms with Crippen LogP contribution in [0, 0.1) is 11.2 Å². The van der Waals surface area contributed by atoms with Crippen molar-refractivity contribution in [3.63, 3.8) is 0 Å². The van der Waals surface area contributed by atoms with E-state index in [1.54, 1.807) is 4.90 Å². The number of hydrogen-bond donors (Lipinski definition) is 2. The van der Waals surface area contributed by atoms with Crippen molar-refractivity contribution in [2.24, 2.45) is 16.3 Å². The molecule has 0 atom stereocenters. The van der Waals surface area contributed by atoms with Crippen molar-refractivity contribution in [1.29, 1.82) is 0 Å². The van der Waals surface area contributed by atoms with Crippen molar-refractivity contribution in [3.05, 3.63) is 34.1 Å². The van der Waals surface area contributed by atoms with E-state index in [2.05, 4.69) is 21.1 Å². The van der Waals surface area contributed by atoms with E-state index >= 15 is 0 Å². The van der Waals surface area contributed by atoms with Gasteiger partial charge in [-0.2, -0.15) is 0 Å². The van der Waals surface area contributed by atoms with Crippen molar-refractivity contribution < 1.29 is 14.4 Å². The largest absolute Gasteiger partial charge is 0.409 e. The number of carbonyl (C=O) groups excluding carboxylic acids is 1. The first-order valence-electron chi connectivity index (χ1n) is 6.60. The van der Waals surface area contributed by atoms with E-state index in [0.717, 1.165) is 0 Å². The topological polar surface area (TPSA) is 78.9 Å². The lowest BCUT2D eigenvalue weighted by Gasteiger charge is -2.38. The molecule has 0 radical (unpaired) electrons. The van der Waals surface area contributed by atoms with Gasteiger partial charge in [-0.3, -0.25) is 4.79 Å². The van der Waals surface area contributed by atoms with Gasteiger partial charge in [0.25, 0.3) is 5.91 Å². The van der Waals surface area contributed by atoms with Gasteiger partial charge in [-0.05, 0) is 47.0 Å². The Hall–Kier alpha value is -1.63. The Kier molecular flexibility index (Phi) is 4.51. The summed E-state index contributed by atoms with van der Waals surface area (Å²) >= 11 is 3.08. The number of hydrogen-bond acceptors (Lipinski definition) is 3. The number of amides is 1. The highest BCUT2D eigenvalue weighted by Crippen LogP contribution is 2.31. The normalized spacial score (nSPS) is 18.6. The summed E-state index contributed by atoms with van der Waals surface area (Å²) in [6, 6.07) is 4.22. The van der Waals surface area contributed by atoms with Crippen LogP contribution in [0.15, 0.2) is 27.8 Å². The number of rotatable bonds is 2. The van der Waals surface area contributed by atoms with Crippen LogP contribution in [0.4, 0.5) is 4.39 Å². The van der Waals surface area contributed by atoms with Crippen LogP contribution in [0.25, 0.3) is 0 Å². The lowest BCUT2D eigenvalue weighted by atomic mass is 9.79. The average Bonchev–Trinajstić information content (AvgIpc) is 2.49. The van der Waals surface area contributed by atoms with Gasteiger partial charge in [-0.25, -0.2) is 4.39 Å². The standard InChI is InChI=1S/C14H17BrFN3O2/c1-14(13(17)18-21)4-6-19(7-5-14)12(20)9-2-3-11(16)10(15)8-9/h2-3,8,21H,4-7H2,1H3,(H2,17,18). The molecule has 1 saturated heterocycles. The van der Waals surface area contributed by atoms with Gasteiger partial charge in [0.1, 0.15) is 11.7 Å². The molecule has 1 aromatic carbocycles. The summed E-state index contributed by atoms with van der Waals surface area (Å²) in [5.74, 6) is -0.346. The number of halogens is 2. The Labute approximate surface area is 130 Å². The van der Waals surface area contributed by atoms with Crippen molar-refractivity contribution in [2.45, 2.75) is 19.8 Å². The molecule has 2 rings (SSSR count). The quantitative estimate of drug-likeness (QED) is 0.369. The molecule has 1 aliphatic rings. The number of piperidine rings is 1. The van der Waals surface area contributed by atoms with E-state index < -0.39 is 11.2 Å². The molecule has 0 unspecified atom stereocenters. The van der Waals surface area contributed by atoms with Crippen LogP contribution >= 0.6 is 15.9 Å². The van der Waals surface area contributed by atoms with Crippen LogP contribution in [-0.2, 0) is 0 Å².